The van der Waals surface area contributed by atoms with Crippen molar-refractivity contribution in [2.24, 2.45) is 5.41 Å². The Labute approximate surface area is 178 Å². The SMILES string of the molecule is CCCOc1c(OC)cccc1[C@H]1Nc2ccccc2NC2=C1C(=O)CC(C)(C)C2. The molecule has 0 radical (unpaired) electrons. The van der Waals surface area contributed by atoms with Gasteiger partial charge in [0.1, 0.15) is 0 Å². The third-order valence-corrected chi connectivity index (χ3v) is 5.71. The van der Waals surface area contributed by atoms with Crippen LogP contribution in [0, 0.1) is 5.41 Å². The molecule has 0 fully saturated rings. The zero-order valence-electron chi connectivity index (χ0n) is 18.2. The molecule has 2 aliphatic rings. The van der Waals surface area contributed by atoms with E-state index in [-0.39, 0.29) is 17.2 Å². The van der Waals surface area contributed by atoms with Gasteiger partial charge in [-0.3, -0.25) is 4.79 Å². The topological polar surface area (TPSA) is 59.6 Å². The van der Waals surface area contributed by atoms with Gasteiger partial charge < -0.3 is 20.1 Å². The van der Waals surface area contributed by atoms with E-state index in [0.29, 0.717) is 24.5 Å². The number of nitrogens with one attached hydrogen (secondary N) is 2. The Morgan fingerprint density at radius 2 is 1.83 bits per heavy atom. The number of para-hydroxylation sites is 3. The quantitative estimate of drug-likeness (QED) is 0.666. The second-order valence-corrected chi connectivity index (χ2v) is 8.81. The van der Waals surface area contributed by atoms with Crippen molar-refractivity contribution in [1.82, 2.24) is 0 Å². The van der Waals surface area contributed by atoms with Crippen LogP contribution in [0.15, 0.2) is 53.7 Å². The van der Waals surface area contributed by atoms with Gasteiger partial charge in [-0.25, -0.2) is 0 Å². The molecule has 2 aromatic carbocycles. The van der Waals surface area contributed by atoms with E-state index in [1.165, 1.54) is 0 Å². The Bertz CT molecular complexity index is 994. The highest BCUT2D eigenvalue weighted by atomic mass is 16.5. The maximum absolute atomic E-state index is 13.4. The zero-order valence-corrected chi connectivity index (χ0v) is 18.2. The standard InChI is InChI=1S/C25H30N2O3/c1-5-13-30-24-16(9-8-12-21(24)29-4)23-22-19(14-25(2,3)15-20(22)28)26-17-10-6-7-11-18(17)27-23/h6-12,23,26-27H,5,13-15H2,1-4H3/t23-/m1/s1. The van der Waals surface area contributed by atoms with Crippen LogP contribution in [-0.2, 0) is 4.79 Å². The summed E-state index contributed by atoms with van der Waals surface area (Å²) in [7, 11) is 1.65. The first-order valence-corrected chi connectivity index (χ1v) is 10.6. The van der Waals surface area contributed by atoms with E-state index >= 15 is 0 Å². The fourth-order valence-corrected chi connectivity index (χ4v) is 4.40. The number of allylic oxidation sites excluding steroid dienone is 1. The number of carbonyl (C=O) groups is 1. The summed E-state index contributed by atoms with van der Waals surface area (Å²) in [6, 6.07) is 13.6. The number of methoxy groups -OCH3 is 1. The molecule has 2 aromatic rings. The molecule has 5 heteroatoms. The van der Waals surface area contributed by atoms with E-state index in [2.05, 4.69) is 31.4 Å². The molecule has 30 heavy (non-hydrogen) atoms. The van der Waals surface area contributed by atoms with Crippen molar-refractivity contribution < 1.29 is 14.3 Å². The number of hydrogen-bond acceptors (Lipinski definition) is 5. The average Bonchev–Trinajstić information content (AvgIpc) is 2.87. The van der Waals surface area contributed by atoms with E-state index in [4.69, 9.17) is 9.47 Å². The summed E-state index contributed by atoms with van der Waals surface area (Å²) in [5.74, 6) is 1.55. The Morgan fingerprint density at radius 3 is 2.57 bits per heavy atom. The molecule has 1 aliphatic heterocycles. The van der Waals surface area contributed by atoms with E-state index in [0.717, 1.165) is 41.1 Å². The minimum absolute atomic E-state index is 0.0807. The largest absolute Gasteiger partial charge is 0.493 e. The number of Topliss-reactive ketones (excluding diaryl/α,β-unsaturated/α-hetero) is 1. The Kier molecular flexibility index (Phi) is 5.46. The van der Waals surface area contributed by atoms with Crippen LogP contribution in [0.25, 0.3) is 0 Å². The van der Waals surface area contributed by atoms with Gasteiger partial charge in [0.15, 0.2) is 17.3 Å². The van der Waals surface area contributed by atoms with E-state index < -0.39 is 0 Å². The molecule has 1 atom stereocenters. The van der Waals surface area contributed by atoms with Crippen LogP contribution in [0.5, 0.6) is 11.5 Å². The second-order valence-electron chi connectivity index (χ2n) is 8.81. The third-order valence-electron chi connectivity index (χ3n) is 5.71. The van der Waals surface area contributed by atoms with Crippen LogP contribution in [-0.4, -0.2) is 19.5 Å². The number of benzene rings is 2. The minimum Gasteiger partial charge on any atom is -0.493 e. The van der Waals surface area contributed by atoms with Gasteiger partial charge in [0.25, 0.3) is 0 Å². The van der Waals surface area contributed by atoms with Crippen molar-refractivity contribution in [2.45, 2.75) is 46.1 Å². The van der Waals surface area contributed by atoms with Crippen LogP contribution in [0.1, 0.15) is 51.6 Å². The van der Waals surface area contributed by atoms with Crippen molar-refractivity contribution in [3.05, 3.63) is 59.3 Å². The van der Waals surface area contributed by atoms with Crippen LogP contribution in [0.2, 0.25) is 0 Å². The summed E-state index contributed by atoms with van der Waals surface area (Å²) in [6.07, 6.45) is 2.23. The zero-order chi connectivity index (χ0) is 21.3. The molecule has 2 N–H and O–H groups in total. The van der Waals surface area contributed by atoms with Gasteiger partial charge in [-0.05, 0) is 36.5 Å². The molecule has 0 unspecified atom stereocenters. The summed E-state index contributed by atoms with van der Waals surface area (Å²) < 4.78 is 11.7. The van der Waals surface area contributed by atoms with Crippen molar-refractivity contribution in [1.29, 1.82) is 0 Å². The molecule has 1 heterocycles. The number of anilines is 2. The molecule has 4 rings (SSSR count). The number of ether oxygens (including phenoxy) is 2. The lowest BCUT2D eigenvalue weighted by atomic mass is 9.73. The highest BCUT2D eigenvalue weighted by Gasteiger charge is 2.39. The van der Waals surface area contributed by atoms with Gasteiger partial charge >= 0.3 is 0 Å². The number of hydrogen-bond donors (Lipinski definition) is 2. The van der Waals surface area contributed by atoms with Gasteiger partial charge in [0.05, 0.1) is 31.1 Å². The maximum atomic E-state index is 13.4. The highest BCUT2D eigenvalue weighted by molar-refractivity contribution is 6.01. The van der Waals surface area contributed by atoms with Gasteiger partial charge in [-0.1, -0.05) is 45.0 Å². The van der Waals surface area contributed by atoms with Crippen molar-refractivity contribution in [2.75, 3.05) is 24.4 Å². The number of fused-ring (bicyclic) bond motifs is 1. The smallest absolute Gasteiger partial charge is 0.166 e. The lowest BCUT2D eigenvalue weighted by Gasteiger charge is -2.34. The number of rotatable bonds is 5. The molecule has 0 amide bonds. The molecule has 0 saturated carbocycles. The Hall–Kier alpha value is -2.95. The first-order chi connectivity index (χ1) is 14.4. The second kappa shape index (κ2) is 8.05. The number of ketones is 1. The Balaban J connectivity index is 1.90. The first-order valence-electron chi connectivity index (χ1n) is 10.6. The van der Waals surface area contributed by atoms with Crippen LogP contribution >= 0.6 is 0 Å². The molecular weight excluding hydrogens is 376 g/mol. The molecule has 158 valence electrons. The summed E-state index contributed by atoms with van der Waals surface area (Å²) in [5, 5.41) is 7.19. The van der Waals surface area contributed by atoms with E-state index in [1.807, 2.05) is 42.5 Å². The van der Waals surface area contributed by atoms with E-state index in [1.54, 1.807) is 7.11 Å². The van der Waals surface area contributed by atoms with Crippen molar-refractivity contribution >= 4 is 17.2 Å². The lowest BCUT2D eigenvalue weighted by Crippen LogP contribution is -2.31. The molecule has 0 spiro atoms. The normalized spacial score (nSPS) is 19.7. The predicted molar refractivity (Wildman–Crippen MR) is 120 cm³/mol. The van der Waals surface area contributed by atoms with Crippen LogP contribution < -0.4 is 20.1 Å². The third kappa shape index (κ3) is 3.76. The van der Waals surface area contributed by atoms with Crippen molar-refractivity contribution in [3.8, 4) is 11.5 Å². The summed E-state index contributed by atoms with van der Waals surface area (Å²) in [6.45, 7) is 6.96. The van der Waals surface area contributed by atoms with Crippen LogP contribution in [0.3, 0.4) is 0 Å². The molecule has 0 bridgehead atoms. The fourth-order valence-electron chi connectivity index (χ4n) is 4.40. The van der Waals surface area contributed by atoms with Crippen LogP contribution in [0.4, 0.5) is 11.4 Å². The summed E-state index contributed by atoms with van der Waals surface area (Å²) >= 11 is 0. The lowest BCUT2D eigenvalue weighted by molar-refractivity contribution is -0.118. The maximum Gasteiger partial charge on any atom is 0.166 e. The Morgan fingerprint density at radius 1 is 1.07 bits per heavy atom. The van der Waals surface area contributed by atoms with Gasteiger partial charge in [-0.2, -0.15) is 0 Å². The molecular formula is C25H30N2O3. The minimum atomic E-state index is -0.318. The average molecular weight is 407 g/mol. The van der Waals surface area contributed by atoms with Gasteiger partial charge in [0, 0.05) is 23.3 Å². The molecule has 0 aromatic heterocycles. The van der Waals surface area contributed by atoms with Gasteiger partial charge in [-0.15, -0.1) is 0 Å². The van der Waals surface area contributed by atoms with E-state index in [9.17, 15) is 4.79 Å². The molecule has 5 nitrogen and oxygen atoms in total. The summed E-state index contributed by atoms with van der Waals surface area (Å²) in [4.78, 5) is 13.4. The van der Waals surface area contributed by atoms with Gasteiger partial charge in [0.2, 0.25) is 0 Å². The number of carbonyl (C=O) groups excluding carboxylic acids is 1. The summed E-state index contributed by atoms with van der Waals surface area (Å²) in [5.41, 5.74) is 4.57. The predicted octanol–water partition coefficient (Wildman–Crippen LogP) is 5.71. The molecule has 0 saturated heterocycles. The monoisotopic (exact) mass is 406 g/mol. The molecule has 1 aliphatic carbocycles. The fraction of sp³-hybridized carbons (Fsp3) is 0.400. The van der Waals surface area contributed by atoms with Crippen molar-refractivity contribution in [3.63, 3.8) is 0 Å². The first kappa shape index (κ1) is 20.3. The highest BCUT2D eigenvalue weighted by Crippen LogP contribution is 2.48.